The molecule has 3 rings (SSSR count). The van der Waals surface area contributed by atoms with Crippen molar-refractivity contribution in [3.63, 3.8) is 0 Å². The SMILES string of the molecule is CC1=CCN(Cc2ccc3c(c2)CNCC3)CC1. The number of benzene rings is 1. The van der Waals surface area contributed by atoms with Crippen molar-refractivity contribution in [2.24, 2.45) is 0 Å². The van der Waals surface area contributed by atoms with E-state index in [-0.39, 0.29) is 0 Å². The first-order valence-corrected chi connectivity index (χ1v) is 7.00. The molecule has 0 atom stereocenters. The molecule has 0 radical (unpaired) electrons. The number of hydrogen-bond donors (Lipinski definition) is 1. The Morgan fingerprint density at radius 3 is 3.00 bits per heavy atom. The number of hydrogen-bond acceptors (Lipinski definition) is 2. The van der Waals surface area contributed by atoms with Crippen LogP contribution >= 0.6 is 0 Å². The highest BCUT2D eigenvalue weighted by Crippen LogP contribution is 2.18. The van der Waals surface area contributed by atoms with Gasteiger partial charge in [-0.3, -0.25) is 4.90 Å². The van der Waals surface area contributed by atoms with Gasteiger partial charge in [0.2, 0.25) is 0 Å². The highest BCUT2D eigenvalue weighted by Gasteiger charge is 2.12. The van der Waals surface area contributed by atoms with Crippen molar-refractivity contribution in [3.8, 4) is 0 Å². The zero-order chi connectivity index (χ0) is 12.4. The highest BCUT2D eigenvalue weighted by atomic mass is 15.1. The van der Waals surface area contributed by atoms with Gasteiger partial charge >= 0.3 is 0 Å². The van der Waals surface area contributed by atoms with Crippen LogP contribution in [0, 0.1) is 0 Å². The van der Waals surface area contributed by atoms with E-state index in [9.17, 15) is 0 Å². The minimum atomic E-state index is 1.04. The summed E-state index contributed by atoms with van der Waals surface area (Å²) in [6, 6.07) is 7.04. The van der Waals surface area contributed by atoms with Gasteiger partial charge in [0.1, 0.15) is 0 Å². The number of fused-ring (bicyclic) bond motifs is 1. The van der Waals surface area contributed by atoms with E-state index in [0.29, 0.717) is 0 Å². The third kappa shape index (κ3) is 2.65. The highest BCUT2D eigenvalue weighted by molar-refractivity contribution is 5.33. The molecule has 2 nitrogen and oxygen atoms in total. The van der Waals surface area contributed by atoms with Gasteiger partial charge in [-0.2, -0.15) is 0 Å². The van der Waals surface area contributed by atoms with Crippen LogP contribution < -0.4 is 5.32 Å². The van der Waals surface area contributed by atoms with Gasteiger partial charge < -0.3 is 5.32 Å². The summed E-state index contributed by atoms with van der Waals surface area (Å²) in [6.07, 6.45) is 4.78. The summed E-state index contributed by atoms with van der Waals surface area (Å²) in [5, 5.41) is 3.45. The van der Waals surface area contributed by atoms with Gasteiger partial charge in [-0.15, -0.1) is 0 Å². The Hall–Kier alpha value is -1.12. The second-order valence-corrected chi connectivity index (χ2v) is 5.57. The van der Waals surface area contributed by atoms with Crippen LogP contribution in [-0.4, -0.2) is 24.5 Å². The van der Waals surface area contributed by atoms with Crippen LogP contribution in [0.4, 0.5) is 0 Å². The first-order chi connectivity index (χ1) is 8.81. The summed E-state index contributed by atoms with van der Waals surface area (Å²) in [5.74, 6) is 0. The molecular formula is C16H22N2. The van der Waals surface area contributed by atoms with E-state index in [1.807, 2.05) is 0 Å². The van der Waals surface area contributed by atoms with E-state index in [4.69, 9.17) is 0 Å². The lowest BCUT2D eigenvalue weighted by Crippen LogP contribution is -2.28. The molecule has 0 unspecified atom stereocenters. The quantitative estimate of drug-likeness (QED) is 0.802. The van der Waals surface area contributed by atoms with Crippen LogP contribution in [0.1, 0.15) is 30.0 Å². The molecule has 2 heterocycles. The lowest BCUT2D eigenvalue weighted by atomic mass is 9.98. The number of nitrogens with one attached hydrogen (secondary N) is 1. The van der Waals surface area contributed by atoms with Gasteiger partial charge in [-0.1, -0.05) is 29.8 Å². The lowest BCUT2D eigenvalue weighted by Gasteiger charge is -2.26. The summed E-state index contributed by atoms with van der Waals surface area (Å²) in [7, 11) is 0. The maximum atomic E-state index is 3.45. The Balaban J connectivity index is 1.69. The van der Waals surface area contributed by atoms with Gasteiger partial charge in [0.25, 0.3) is 0 Å². The van der Waals surface area contributed by atoms with Gasteiger partial charge in [0.15, 0.2) is 0 Å². The van der Waals surface area contributed by atoms with Crippen LogP contribution in [0.3, 0.4) is 0 Å². The summed E-state index contributed by atoms with van der Waals surface area (Å²) >= 11 is 0. The zero-order valence-electron chi connectivity index (χ0n) is 11.2. The van der Waals surface area contributed by atoms with E-state index in [1.54, 1.807) is 5.57 Å². The van der Waals surface area contributed by atoms with Crippen LogP contribution in [0.5, 0.6) is 0 Å². The second-order valence-electron chi connectivity index (χ2n) is 5.57. The van der Waals surface area contributed by atoms with Crippen LogP contribution in [0.15, 0.2) is 29.8 Å². The van der Waals surface area contributed by atoms with Crippen LogP contribution in [0.25, 0.3) is 0 Å². The first-order valence-electron chi connectivity index (χ1n) is 7.00. The molecule has 96 valence electrons. The molecule has 18 heavy (non-hydrogen) atoms. The molecule has 2 aliphatic heterocycles. The fourth-order valence-electron chi connectivity index (χ4n) is 2.85. The maximum Gasteiger partial charge on any atom is 0.0237 e. The van der Waals surface area contributed by atoms with E-state index < -0.39 is 0 Å². The topological polar surface area (TPSA) is 15.3 Å². The molecule has 0 spiro atoms. The monoisotopic (exact) mass is 242 g/mol. The Bertz CT molecular complexity index is 462. The number of rotatable bonds is 2. The van der Waals surface area contributed by atoms with Crippen LogP contribution in [-0.2, 0) is 19.5 Å². The molecule has 0 bridgehead atoms. The molecule has 1 aromatic rings. The van der Waals surface area contributed by atoms with Gasteiger partial charge in [0.05, 0.1) is 0 Å². The van der Waals surface area contributed by atoms with Crippen LogP contribution in [0.2, 0.25) is 0 Å². The third-order valence-electron chi connectivity index (χ3n) is 4.08. The second kappa shape index (κ2) is 5.25. The van der Waals surface area contributed by atoms with E-state index in [0.717, 1.165) is 26.2 Å². The molecule has 2 heteroatoms. The van der Waals surface area contributed by atoms with Crippen molar-refractivity contribution < 1.29 is 0 Å². The minimum Gasteiger partial charge on any atom is -0.312 e. The average Bonchev–Trinajstić information content (AvgIpc) is 2.41. The van der Waals surface area contributed by atoms with Crippen molar-refractivity contribution in [3.05, 3.63) is 46.5 Å². The summed E-state index contributed by atoms with van der Waals surface area (Å²) in [5.41, 5.74) is 6.04. The number of nitrogens with zero attached hydrogens (tertiary/aromatic N) is 1. The fraction of sp³-hybridized carbons (Fsp3) is 0.500. The standard InChI is InChI=1S/C16H22N2/c1-13-5-8-18(9-6-13)12-14-2-3-15-4-7-17-11-16(15)10-14/h2-3,5,10,17H,4,6-9,11-12H2,1H3. The molecule has 0 amide bonds. The summed E-state index contributed by atoms with van der Waals surface area (Å²) in [6.45, 7) is 7.82. The molecule has 0 saturated carbocycles. The Morgan fingerprint density at radius 1 is 1.22 bits per heavy atom. The lowest BCUT2D eigenvalue weighted by molar-refractivity contribution is 0.286. The van der Waals surface area contributed by atoms with Gasteiger partial charge in [-0.25, -0.2) is 0 Å². The zero-order valence-corrected chi connectivity index (χ0v) is 11.2. The van der Waals surface area contributed by atoms with E-state index in [2.05, 4.69) is 41.4 Å². The molecule has 0 fully saturated rings. The van der Waals surface area contributed by atoms with Crippen molar-refractivity contribution in [1.82, 2.24) is 10.2 Å². The molecule has 1 aromatic carbocycles. The molecule has 0 saturated heterocycles. The third-order valence-corrected chi connectivity index (χ3v) is 4.08. The molecular weight excluding hydrogens is 220 g/mol. The van der Waals surface area contributed by atoms with Crippen molar-refractivity contribution in [2.75, 3.05) is 19.6 Å². The molecule has 0 aliphatic carbocycles. The van der Waals surface area contributed by atoms with E-state index in [1.165, 1.54) is 36.1 Å². The van der Waals surface area contributed by atoms with Crippen molar-refractivity contribution in [2.45, 2.75) is 32.9 Å². The van der Waals surface area contributed by atoms with Gasteiger partial charge in [0, 0.05) is 26.2 Å². The van der Waals surface area contributed by atoms with Crippen molar-refractivity contribution in [1.29, 1.82) is 0 Å². The fourth-order valence-corrected chi connectivity index (χ4v) is 2.85. The Kier molecular flexibility index (Phi) is 3.48. The summed E-state index contributed by atoms with van der Waals surface area (Å²) < 4.78 is 0. The normalized spacial score (nSPS) is 20.4. The van der Waals surface area contributed by atoms with Gasteiger partial charge in [-0.05, 0) is 43.0 Å². The van der Waals surface area contributed by atoms with Crippen molar-refractivity contribution >= 4 is 0 Å². The largest absolute Gasteiger partial charge is 0.312 e. The maximum absolute atomic E-state index is 3.45. The molecule has 0 aromatic heterocycles. The summed E-state index contributed by atoms with van der Waals surface area (Å²) in [4.78, 5) is 2.53. The Morgan fingerprint density at radius 2 is 2.17 bits per heavy atom. The molecule has 2 aliphatic rings. The smallest absolute Gasteiger partial charge is 0.0237 e. The Labute approximate surface area is 110 Å². The predicted octanol–water partition coefficient (Wildman–Crippen LogP) is 2.48. The minimum absolute atomic E-state index is 1.04. The average molecular weight is 242 g/mol. The predicted molar refractivity (Wildman–Crippen MR) is 75.5 cm³/mol. The first kappa shape index (κ1) is 11.9. The van der Waals surface area contributed by atoms with E-state index >= 15 is 0 Å². The molecule has 1 N–H and O–H groups in total.